The van der Waals surface area contributed by atoms with Gasteiger partial charge in [-0.3, -0.25) is 9.59 Å². The first-order valence-corrected chi connectivity index (χ1v) is 9.73. The van der Waals surface area contributed by atoms with Crippen molar-refractivity contribution in [3.8, 4) is 0 Å². The van der Waals surface area contributed by atoms with Gasteiger partial charge in [-0.15, -0.1) is 0 Å². The Labute approximate surface area is 163 Å². The van der Waals surface area contributed by atoms with Gasteiger partial charge in [0.15, 0.2) is 0 Å². The van der Waals surface area contributed by atoms with Gasteiger partial charge in [-0.1, -0.05) is 60.1 Å². The second-order valence-electron chi connectivity index (χ2n) is 7.55. The molecule has 1 aliphatic heterocycles. The normalized spacial score (nSPS) is 23.7. The quantitative estimate of drug-likeness (QED) is 0.865. The molecule has 140 valence electrons. The summed E-state index contributed by atoms with van der Waals surface area (Å²) < 4.78 is 0. The summed E-state index contributed by atoms with van der Waals surface area (Å²) in [6, 6.07) is 17.1. The Morgan fingerprint density at radius 1 is 1.00 bits per heavy atom. The van der Waals surface area contributed by atoms with Gasteiger partial charge in [-0.2, -0.15) is 0 Å². The molecule has 0 spiro atoms. The second kappa shape index (κ2) is 7.01. The number of hydrogen-bond donors (Lipinski definition) is 1. The fraction of sp³-hybridized carbons (Fsp3) is 0.364. The number of carboxylic acid groups (broad SMARTS) is 1. The second-order valence-corrected chi connectivity index (χ2v) is 7.96. The Hall–Kier alpha value is -2.33. The monoisotopic (exact) mass is 383 g/mol. The number of carbonyl (C=O) groups is 2. The van der Waals surface area contributed by atoms with E-state index >= 15 is 0 Å². The van der Waals surface area contributed by atoms with Crippen LogP contribution in [0.2, 0.25) is 5.02 Å². The fourth-order valence-corrected chi connectivity index (χ4v) is 4.59. The van der Waals surface area contributed by atoms with E-state index in [0.717, 1.165) is 17.5 Å². The van der Waals surface area contributed by atoms with E-state index in [1.165, 1.54) is 0 Å². The van der Waals surface area contributed by atoms with Crippen molar-refractivity contribution in [2.24, 2.45) is 5.92 Å². The Bertz CT molecular complexity index is 859. The highest BCUT2D eigenvalue weighted by molar-refractivity contribution is 6.31. The summed E-state index contributed by atoms with van der Waals surface area (Å²) in [6.45, 7) is 0.956. The third-order valence-corrected chi connectivity index (χ3v) is 6.42. The molecule has 1 saturated heterocycles. The Morgan fingerprint density at radius 3 is 2.26 bits per heavy atom. The number of carbonyl (C=O) groups excluding carboxylic acids is 1. The average Bonchev–Trinajstić information content (AvgIpc) is 3.49. The molecule has 2 atom stereocenters. The zero-order valence-electron chi connectivity index (χ0n) is 15.0. The van der Waals surface area contributed by atoms with Crippen molar-refractivity contribution in [1.29, 1.82) is 0 Å². The summed E-state index contributed by atoms with van der Waals surface area (Å²) in [4.78, 5) is 26.8. The fourth-order valence-electron chi connectivity index (χ4n) is 4.31. The molecule has 0 bridgehead atoms. The Morgan fingerprint density at radius 2 is 1.63 bits per heavy atom. The maximum Gasteiger partial charge on any atom is 0.314 e. The zero-order valence-corrected chi connectivity index (χ0v) is 15.7. The molecular formula is C22H22ClNO3. The van der Waals surface area contributed by atoms with Crippen molar-refractivity contribution in [2.75, 3.05) is 13.1 Å². The van der Waals surface area contributed by atoms with Crippen LogP contribution in [0.25, 0.3) is 0 Å². The van der Waals surface area contributed by atoms with Gasteiger partial charge in [0.1, 0.15) is 0 Å². The number of likely N-dealkylation sites (tertiary alicyclic amines) is 1. The van der Waals surface area contributed by atoms with Crippen LogP contribution < -0.4 is 0 Å². The number of piperidine rings is 1. The van der Waals surface area contributed by atoms with Crippen LogP contribution in [0.1, 0.15) is 36.3 Å². The van der Waals surface area contributed by atoms with Gasteiger partial charge in [0.2, 0.25) is 5.91 Å². The number of carboxylic acids is 1. The molecular weight excluding hydrogens is 362 g/mol. The molecule has 0 radical (unpaired) electrons. The summed E-state index contributed by atoms with van der Waals surface area (Å²) >= 11 is 6.26. The highest BCUT2D eigenvalue weighted by Crippen LogP contribution is 2.51. The molecule has 2 fully saturated rings. The lowest BCUT2D eigenvalue weighted by atomic mass is 9.73. The van der Waals surface area contributed by atoms with E-state index in [1.807, 2.05) is 59.5 Å². The van der Waals surface area contributed by atoms with E-state index in [0.29, 0.717) is 31.0 Å². The van der Waals surface area contributed by atoms with Crippen LogP contribution in [-0.2, 0) is 15.0 Å². The molecule has 5 heteroatoms. The Balaban J connectivity index is 1.44. The van der Waals surface area contributed by atoms with E-state index in [4.69, 9.17) is 11.6 Å². The lowest BCUT2D eigenvalue weighted by Gasteiger charge is -2.39. The maximum atomic E-state index is 12.9. The number of nitrogens with zero attached hydrogens (tertiary/aromatic N) is 1. The van der Waals surface area contributed by atoms with E-state index in [2.05, 4.69) is 0 Å². The summed E-state index contributed by atoms with van der Waals surface area (Å²) in [5.74, 6) is -0.515. The van der Waals surface area contributed by atoms with Gasteiger partial charge in [0.25, 0.3) is 0 Å². The van der Waals surface area contributed by atoms with Crippen molar-refractivity contribution in [3.05, 3.63) is 70.7 Å². The molecule has 1 N–H and O–H groups in total. The summed E-state index contributed by atoms with van der Waals surface area (Å²) in [5, 5.41) is 10.6. The number of aliphatic carboxylic acids is 1. The van der Waals surface area contributed by atoms with Gasteiger partial charge in [0, 0.05) is 24.0 Å². The van der Waals surface area contributed by atoms with Crippen LogP contribution in [0, 0.1) is 5.92 Å². The smallest absolute Gasteiger partial charge is 0.314 e. The van der Waals surface area contributed by atoms with Crippen molar-refractivity contribution in [3.63, 3.8) is 0 Å². The molecule has 0 unspecified atom stereocenters. The van der Waals surface area contributed by atoms with Gasteiger partial charge < -0.3 is 10.0 Å². The minimum atomic E-state index is -0.899. The van der Waals surface area contributed by atoms with Crippen LogP contribution in [-0.4, -0.2) is 35.0 Å². The largest absolute Gasteiger partial charge is 0.481 e. The van der Waals surface area contributed by atoms with Crippen molar-refractivity contribution in [2.45, 2.75) is 30.6 Å². The third-order valence-electron chi connectivity index (χ3n) is 6.08. The molecule has 4 rings (SSSR count). The predicted octanol–water partition coefficient (Wildman–Crippen LogP) is 4.09. The molecule has 1 amide bonds. The van der Waals surface area contributed by atoms with Crippen LogP contribution >= 0.6 is 11.6 Å². The first kappa shape index (κ1) is 18.1. The number of rotatable bonds is 4. The summed E-state index contributed by atoms with van der Waals surface area (Å²) in [7, 11) is 0. The predicted molar refractivity (Wildman–Crippen MR) is 104 cm³/mol. The average molecular weight is 384 g/mol. The molecule has 2 aromatic carbocycles. The van der Waals surface area contributed by atoms with E-state index in [9.17, 15) is 14.7 Å². The van der Waals surface area contributed by atoms with Gasteiger partial charge in [-0.05, 0) is 42.4 Å². The van der Waals surface area contributed by atoms with Gasteiger partial charge in [-0.25, -0.2) is 0 Å². The van der Waals surface area contributed by atoms with Crippen molar-refractivity contribution in [1.82, 2.24) is 4.90 Å². The standard InChI is InChI=1S/C22H22ClNO3/c23-19-9-5-4-8-16(19)17-14-18(17)20(25)24-12-10-22(11-13-24,21(26)27)15-6-2-1-3-7-15/h1-9,17-18H,10-14H2,(H,26,27)/t17-,18+/m0/s1. The highest BCUT2D eigenvalue weighted by atomic mass is 35.5. The first-order chi connectivity index (χ1) is 13.0. The summed E-state index contributed by atoms with van der Waals surface area (Å²) in [5.41, 5.74) is 0.965. The SMILES string of the molecule is O=C([C@@H]1C[C@H]1c1ccccc1Cl)N1CCC(C(=O)O)(c2ccccc2)CC1. The van der Waals surface area contributed by atoms with Crippen LogP contribution in [0.3, 0.4) is 0 Å². The number of amides is 1. The minimum absolute atomic E-state index is 0.0287. The molecule has 1 heterocycles. The lowest BCUT2D eigenvalue weighted by molar-refractivity contribution is -0.148. The zero-order chi connectivity index (χ0) is 19.0. The maximum absolute atomic E-state index is 12.9. The van der Waals surface area contributed by atoms with Gasteiger partial charge in [0.05, 0.1) is 5.41 Å². The highest BCUT2D eigenvalue weighted by Gasteiger charge is 2.49. The number of hydrogen-bond acceptors (Lipinski definition) is 2. The molecule has 2 aliphatic rings. The lowest BCUT2D eigenvalue weighted by Crippen LogP contribution is -2.49. The number of benzene rings is 2. The molecule has 27 heavy (non-hydrogen) atoms. The van der Waals surface area contributed by atoms with Crippen LogP contribution in [0.5, 0.6) is 0 Å². The van der Waals surface area contributed by atoms with Gasteiger partial charge >= 0.3 is 5.97 Å². The first-order valence-electron chi connectivity index (χ1n) is 9.35. The van der Waals surface area contributed by atoms with E-state index in [-0.39, 0.29) is 17.7 Å². The van der Waals surface area contributed by atoms with E-state index in [1.54, 1.807) is 0 Å². The Kier molecular flexibility index (Phi) is 4.68. The van der Waals surface area contributed by atoms with Crippen LogP contribution in [0.15, 0.2) is 54.6 Å². The van der Waals surface area contributed by atoms with Crippen LogP contribution in [0.4, 0.5) is 0 Å². The minimum Gasteiger partial charge on any atom is -0.481 e. The number of halogens is 1. The van der Waals surface area contributed by atoms with E-state index < -0.39 is 11.4 Å². The van der Waals surface area contributed by atoms with Crippen molar-refractivity contribution < 1.29 is 14.7 Å². The molecule has 0 aromatic heterocycles. The molecule has 2 aromatic rings. The topological polar surface area (TPSA) is 57.6 Å². The molecule has 1 aliphatic carbocycles. The third kappa shape index (κ3) is 3.23. The summed E-state index contributed by atoms with van der Waals surface area (Å²) in [6.07, 6.45) is 1.71. The molecule has 4 nitrogen and oxygen atoms in total. The molecule has 1 saturated carbocycles. The van der Waals surface area contributed by atoms with Crippen molar-refractivity contribution >= 4 is 23.5 Å².